The third-order valence-electron chi connectivity index (χ3n) is 5.81. The molecule has 27 heavy (non-hydrogen) atoms. The van der Waals surface area contributed by atoms with Crippen molar-refractivity contribution in [2.75, 3.05) is 19.8 Å². The Morgan fingerprint density at radius 3 is 2.89 bits per heavy atom. The third kappa shape index (κ3) is 6.30. The van der Waals surface area contributed by atoms with E-state index in [-0.39, 0.29) is 0 Å². The van der Waals surface area contributed by atoms with Crippen LogP contribution in [0.25, 0.3) is 0 Å². The first kappa shape index (κ1) is 20.8. The minimum atomic E-state index is 0.307. The molecule has 2 aliphatic rings. The lowest BCUT2D eigenvalue weighted by molar-refractivity contribution is -0.132. The molecule has 0 radical (unpaired) electrons. The van der Waals surface area contributed by atoms with Crippen molar-refractivity contribution in [3.05, 3.63) is 33.8 Å². The highest BCUT2D eigenvalue weighted by Gasteiger charge is 2.22. The van der Waals surface area contributed by atoms with Gasteiger partial charge in [0.1, 0.15) is 0 Å². The first-order valence-corrected chi connectivity index (χ1v) is 11.3. The van der Waals surface area contributed by atoms with Crippen molar-refractivity contribution in [1.82, 2.24) is 10.2 Å². The Balaban J connectivity index is 1.43. The fraction of sp³-hybridized carbons (Fsp3) is 0.682. The number of fused-ring (bicyclic) bond motifs is 1. The molecule has 1 fully saturated rings. The lowest BCUT2D eigenvalue weighted by Gasteiger charge is -2.30. The van der Waals surface area contributed by atoms with Gasteiger partial charge in [0, 0.05) is 49.3 Å². The molecule has 2 heterocycles. The minimum Gasteiger partial charge on any atom is -0.381 e. The average Bonchev–Trinajstić information content (AvgIpc) is 2.68. The summed E-state index contributed by atoms with van der Waals surface area (Å²) in [6.07, 6.45) is 8.30. The van der Waals surface area contributed by atoms with Gasteiger partial charge in [0.25, 0.3) is 0 Å². The number of halogens is 1. The van der Waals surface area contributed by atoms with Crippen LogP contribution in [0, 0.1) is 0 Å². The fourth-order valence-corrected chi connectivity index (χ4v) is 4.66. The van der Waals surface area contributed by atoms with Gasteiger partial charge >= 0.3 is 0 Å². The highest BCUT2D eigenvalue weighted by molar-refractivity contribution is 9.10. The number of benzene rings is 1. The molecule has 1 saturated heterocycles. The monoisotopic (exact) mass is 436 g/mol. The van der Waals surface area contributed by atoms with Crippen molar-refractivity contribution >= 4 is 21.8 Å². The van der Waals surface area contributed by atoms with Gasteiger partial charge < -0.3 is 15.0 Å². The van der Waals surface area contributed by atoms with Crippen LogP contribution in [-0.2, 0) is 22.5 Å². The number of ether oxygens (including phenoxy) is 1. The molecule has 2 aliphatic heterocycles. The smallest absolute Gasteiger partial charge is 0.222 e. The second-order valence-corrected chi connectivity index (χ2v) is 8.83. The topological polar surface area (TPSA) is 41.6 Å². The van der Waals surface area contributed by atoms with E-state index in [1.165, 1.54) is 24.0 Å². The van der Waals surface area contributed by atoms with Gasteiger partial charge in [0.05, 0.1) is 0 Å². The van der Waals surface area contributed by atoms with Crippen molar-refractivity contribution in [3.63, 3.8) is 0 Å². The standard InChI is InChI=1S/C22H33BrN2O2/c1-2-4-20(24-21-10-13-27-14-11-21)5-3-6-22(26)25-12-9-17-7-8-19(23)15-18(17)16-25/h7-8,15,20-21,24H,2-6,9-14,16H2,1H3/t20-/m0/s1. The van der Waals surface area contributed by atoms with E-state index in [1.807, 2.05) is 4.90 Å². The van der Waals surface area contributed by atoms with Crippen molar-refractivity contribution in [2.24, 2.45) is 0 Å². The Hall–Kier alpha value is -0.910. The maximum Gasteiger partial charge on any atom is 0.222 e. The Morgan fingerprint density at radius 2 is 2.11 bits per heavy atom. The molecule has 0 saturated carbocycles. The van der Waals surface area contributed by atoms with E-state index in [9.17, 15) is 4.79 Å². The van der Waals surface area contributed by atoms with Crippen LogP contribution in [0.15, 0.2) is 22.7 Å². The quantitative estimate of drug-likeness (QED) is 0.654. The van der Waals surface area contributed by atoms with Crippen LogP contribution < -0.4 is 5.32 Å². The second-order valence-electron chi connectivity index (χ2n) is 7.91. The fourth-order valence-electron chi connectivity index (χ4n) is 4.25. The lowest BCUT2D eigenvalue weighted by Crippen LogP contribution is -2.41. The molecule has 1 aromatic rings. The summed E-state index contributed by atoms with van der Waals surface area (Å²) in [4.78, 5) is 14.7. The Labute approximate surface area is 172 Å². The lowest BCUT2D eigenvalue weighted by atomic mass is 9.98. The maximum atomic E-state index is 12.7. The van der Waals surface area contributed by atoms with Gasteiger partial charge in [-0.1, -0.05) is 35.3 Å². The average molecular weight is 437 g/mol. The van der Waals surface area contributed by atoms with E-state index in [1.54, 1.807) is 0 Å². The van der Waals surface area contributed by atoms with Crippen LogP contribution in [0.4, 0.5) is 0 Å². The van der Waals surface area contributed by atoms with Gasteiger partial charge in [-0.25, -0.2) is 0 Å². The summed E-state index contributed by atoms with van der Waals surface area (Å²) in [5.41, 5.74) is 2.67. The van der Waals surface area contributed by atoms with Crippen LogP contribution >= 0.6 is 15.9 Å². The number of nitrogens with zero attached hydrogens (tertiary/aromatic N) is 1. The largest absolute Gasteiger partial charge is 0.381 e. The van der Waals surface area contributed by atoms with Crippen molar-refractivity contribution < 1.29 is 9.53 Å². The summed E-state index contributed by atoms with van der Waals surface area (Å²) in [6.45, 7) is 5.61. The number of rotatable bonds is 8. The number of carbonyl (C=O) groups is 1. The predicted octanol–water partition coefficient (Wildman–Crippen LogP) is 4.44. The summed E-state index contributed by atoms with van der Waals surface area (Å²) in [5.74, 6) is 0.307. The highest BCUT2D eigenvalue weighted by Crippen LogP contribution is 2.24. The molecule has 0 spiro atoms. The molecule has 1 N–H and O–H groups in total. The Bertz CT molecular complexity index is 616. The molecule has 150 valence electrons. The summed E-state index contributed by atoms with van der Waals surface area (Å²) in [5, 5.41) is 3.82. The molecule has 1 aromatic carbocycles. The Kier molecular flexibility index (Phi) is 8.16. The summed E-state index contributed by atoms with van der Waals surface area (Å²) < 4.78 is 6.55. The van der Waals surface area contributed by atoms with Crippen molar-refractivity contribution in [1.29, 1.82) is 0 Å². The SMILES string of the molecule is CCC[C@@H](CCCC(=O)N1CCc2ccc(Br)cc2C1)NC1CCOCC1. The number of nitrogens with one attached hydrogen (secondary N) is 1. The molecular weight excluding hydrogens is 404 g/mol. The first-order chi connectivity index (χ1) is 13.2. The molecule has 0 aliphatic carbocycles. The predicted molar refractivity (Wildman–Crippen MR) is 113 cm³/mol. The molecule has 0 unspecified atom stereocenters. The van der Waals surface area contributed by atoms with Crippen LogP contribution in [0.3, 0.4) is 0 Å². The van der Waals surface area contributed by atoms with Crippen LogP contribution in [0.2, 0.25) is 0 Å². The van der Waals surface area contributed by atoms with Crippen LogP contribution in [0.5, 0.6) is 0 Å². The van der Waals surface area contributed by atoms with Gasteiger partial charge in [0.15, 0.2) is 0 Å². The van der Waals surface area contributed by atoms with E-state index in [2.05, 4.69) is 46.4 Å². The van der Waals surface area contributed by atoms with E-state index in [0.29, 0.717) is 24.4 Å². The van der Waals surface area contributed by atoms with Crippen molar-refractivity contribution in [3.8, 4) is 0 Å². The van der Waals surface area contributed by atoms with E-state index >= 15 is 0 Å². The zero-order chi connectivity index (χ0) is 19.1. The molecule has 3 rings (SSSR count). The molecule has 0 aromatic heterocycles. The molecule has 5 heteroatoms. The van der Waals surface area contributed by atoms with Crippen LogP contribution in [0.1, 0.15) is 63.0 Å². The molecule has 1 amide bonds. The molecule has 0 bridgehead atoms. The van der Waals surface area contributed by atoms with E-state index in [0.717, 1.165) is 62.9 Å². The number of carbonyl (C=O) groups excluding carboxylic acids is 1. The van der Waals surface area contributed by atoms with Crippen LogP contribution in [-0.4, -0.2) is 42.6 Å². The van der Waals surface area contributed by atoms with Crippen molar-refractivity contribution in [2.45, 2.75) is 76.9 Å². The summed E-state index contributed by atoms with van der Waals surface area (Å²) >= 11 is 3.54. The summed E-state index contributed by atoms with van der Waals surface area (Å²) in [6, 6.07) is 7.55. The molecule has 4 nitrogen and oxygen atoms in total. The minimum absolute atomic E-state index is 0.307. The maximum absolute atomic E-state index is 12.7. The van der Waals surface area contributed by atoms with Gasteiger partial charge in [-0.05, 0) is 61.8 Å². The highest BCUT2D eigenvalue weighted by atomic mass is 79.9. The second kappa shape index (κ2) is 10.6. The zero-order valence-corrected chi connectivity index (χ0v) is 18.1. The van der Waals surface area contributed by atoms with Gasteiger partial charge in [0.2, 0.25) is 5.91 Å². The van der Waals surface area contributed by atoms with Gasteiger partial charge in [-0.15, -0.1) is 0 Å². The zero-order valence-electron chi connectivity index (χ0n) is 16.5. The normalized spacial score (nSPS) is 19.0. The van der Waals surface area contributed by atoms with E-state index < -0.39 is 0 Å². The molecule has 1 atom stereocenters. The van der Waals surface area contributed by atoms with Gasteiger partial charge in [-0.3, -0.25) is 4.79 Å². The molecular formula is C22H33BrN2O2. The number of hydrogen-bond acceptors (Lipinski definition) is 3. The first-order valence-electron chi connectivity index (χ1n) is 10.5. The third-order valence-corrected chi connectivity index (χ3v) is 6.30. The number of amides is 1. The number of hydrogen-bond donors (Lipinski definition) is 1. The van der Waals surface area contributed by atoms with Gasteiger partial charge in [-0.2, -0.15) is 0 Å². The Morgan fingerprint density at radius 1 is 1.30 bits per heavy atom. The summed E-state index contributed by atoms with van der Waals surface area (Å²) in [7, 11) is 0. The van der Waals surface area contributed by atoms with E-state index in [4.69, 9.17) is 4.74 Å².